The lowest BCUT2D eigenvalue weighted by Crippen LogP contribution is -2.56. The predicted octanol–water partition coefficient (Wildman–Crippen LogP) is 2.69. The molecule has 0 atom stereocenters. The number of carbonyl (C=O) groups is 2. The van der Waals surface area contributed by atoms with Gasteiger partial charge in [-0.05, 0) is 49.7 Å². The van der Waals surface area contributed by atoms with Gasteiger partial charge in [-0.3, -0.25) is 4.79 Å². The zero-order valence-corrected chi connectivity index (χ0v) is 12.7. The van der Waals surface area contributed by atoms with Gasteiger partial charge in [0.1, 0.15) is 5.54 Å². The van der Waals surface area contributed by atoms with Gasteiger partial charge in [0.05, 0.1) is 6.42 Å². The summed E-state index contributed by atoms with van der Waals surface area (Å²) in [5, 5.41) is 12.3. The largest absolute Gasteiger partial charge is 0.480 e. The van der Waals surface area contributed by atoms with Crippen LogP contribution in [0.4, 0.5) is 0 Å². The first-order chi connectivity index (χ1) is 9.93. The van der Waals surface area contributed by atoms with Crippen molar-refractivity contribution in [2.75, 3.05) is 0 Å². The summed E-state index contributed by atoms with van der Waals surface area (Å²) in [4.78, 5) is 23.9. The van der Waals surface area contributed by atoms with Crippen molar-refractivity contribution in [3.63, 3.8) is 0 Å². The molecule has 1 aliphatic rings. The molecule has 0 saturated heterocycles. The van der Waals surface area contributed by atoms with Gasteiger partial charge in [-0.25, -0.2) is 4.79 Å². The van der Waals surface area contributed by atoms with Gasteiger partial charge in [0.25, 0.3) is 0 Å². The minimum Gasteiger partial charge on any atom is -0.480 e. The Kier molecular flexibility index (Phi) is 4.66. The Morgan fingerprint density at radius 1 is 1.29 bits per heavy atom. The summed E-state index contributed by atoms with van der Waals surface area (Å²) >= 11 is 0. The number of rotatable bonds is 4. The molecule has 21 heavy (non-hydrogen) atoms. The molecule has 1 aliphatic carbocycles. The fraction of sp³-hybridized carbons (Fsp3) is 0.529. The van der Waals surface area contributed by atoms with Crippen LogP contribution in [0.25, 0.3) is 0 Å². The lowest BCUT2D eigenvalue weighted by atomic mass is 9.77. The van der Waals surface area contributed by atoms with Gasteiger partial charge in [-0.2, -0.15) is 0 Å². The summed E-state index contributed by atoms with van der Waals surface area (Å²) in [6, 6.07) is 7.69. The van der Waals surface area contributed by atoms with Crippen LogP contribution in [-0.4, -0.2) is 22.5 Å². The molecule has 0 aromatic heterocycles. The van der Waals surface area contributed by atoms with Crippen LogP contribution >= 0.6 is 0 Å². The summed E-state index contributed by atoms with van der Waals surface area (Å²) in [7, 11) is 0. The van der Waals surface area contributed by atoms with Crippen LogP contribution in [0.1, 0.15) is 43.7 Å². The number of carboxylic acids is 1. The first-order valence-electron chi connectivity index (χ1n) is 7.52. The summed E-state index contributed by atoms with van der Waals surface area (Å²) < 4.78 is 0. The van der Waals surface area contributed by atoms with Gasteiger partial charge >= 0.3 is 5.97 Å². The summed E-state index contributed by atoms with van der Waals surface area (Å²) in [5.74, 6) is -0.584. The lowest BCUT2D eigenvalue weighted by Gasteiger charge is -2.36. The highest BCUT2D eigenvalue weighted by molar-refractivity contribution is 5.88. The molecule has 114 valence electrons. The SMILES string of the molecule is Cc1ccccc1CC(=O)NC1(C(=O)O)CCC(C)CC1. The van der Waals surface area contributed by atoms with E-state index in [0.717, 1.165) is 24.0 Å². The molecule has 0 unspecified atom stereocenters. The highest BCUT2D eigenvalue weighted by Crippen LogP contribution is 2.32. The van der Waals surface area contributed by atoms with E-state index in [-0.39, 0.29) is 12.3 Å². The predicted molar refractivity (Wildman–Crippen MR) is 81.0 cm³/mol. The zero-order valence-electron chi connectivity index (χ0n) is 12.7. The van der Waals surface area contributed by atoms with E-state index in [4.69, 9.17) is 0 Å². The van der Waals surface area contributed by atoms with Crippen molar-refractivity contribution in [2.45, 2.75) is 51.5 Å². The Balaban J connectivity index is 2.06. The third-order valence-corrected chi connectivity index (χ3v) is 4.53. The van der Waals surface area contributed by atoms with E-state index in [1.54, 1.807) is 0 Å². The Hall–Kier alpha value is -1.84. The van der Waals surface area contributed by atoms with Crippen molar-refractivity contribution in [1.82, 2.24) is 5.32 Å². The van der Waals surface area contributed by atoms with E-state index in [1.807, 2.05) is 31.2 Å². The average molecular weight is 289 g/mol. The molecule has 0 radical (unpaired) electrons. The second kappa shape index (κ2) is 6.29. The Bertz CT molecular complexity index is 531. The molecule has 1 saturated carbocycles. The number of carboxylic acid groups (broad SMARTS) is 1. The molecule has 1 fully saturated rings. The first-order valence-corrected chi connectivity index (χ1v) is 7.52. The summed E-state index contributed by atoms with van der Waals surface area (Å²) in [5.41, 5.74) is 0.917. The molecular formula is C17H23NO3. The Morgan fingerprint density at radius 3 is 2.48 bits per heavy atom. The zero-order chi connectivity index (χ0) is 15.5. The van der Waals surface area contributed by atoms with Crippen LogP contribution in [0.2, 0.25) is 0 Å². The van der Waals surface area contributed by atoms with Crippen LogP contribution in [-0.2, 0) is 16.0 Å². The molecule has 0 bridgehead atoms. The van der Waals surface area contributed by atoms with E-state index in [9.17, 15) is 14.7 Å². The van der Waals surface area contributed by atoms with Crippen molar-refractivity contribution in [2.24, 2.45) is 5.92 Å². The molecule has 4 heteroatoms. The Labute approximate surface area is 125 Å². The number of hydrogen-bond donors (Lipinski definition) is 2. The molecule has 4 nitrogen and oxygen atoms in total. The summed E-state index contributed by atoms with van der Waals surface area (Å²) in [6.07, 6.45) is 2.96. The van der Waals surface area contributed by atoms with Crippen molar-refractivity contribution < 1.29 is 14.7 Å². The molecule has 0 heterocycles. The number of aryl methyl sites for hydroxylation is 1. The fourth-order valence-corrected chi connectivity index (χ4v) is 2.94. The van der Waals surface area contributed by atoms with Gasteiger partial charge in [0, 0.05) is 0 Å². The monoisotopic (exact) mass is 289 g/mol. The maximum absolute atomic E-state index is 12.2. The van der Waals surface area contributed by atoms with Gasteiger partial charge in [-0.1, -0.05) is 31.2 Å². The molecule has 2 N–H and O–H groups in total. The average Bonchev–Trinajstić information content (AvgIpc) is 2.44. The smallest absolute Gasteiger partial charge is 0.329 e. The third kappa shape index (κ3) is 3.63. The number of benzene rings is 1. The maximum Gasteiger partial charge on any atom is 0.329 e. The minimum absolute atomic E-state index is 0.207. The van der Waals surface area contributed by atoms with Crippen LogP contribution in [0.5, 0.6) is 0 Å². The van der Waals surface area contributed by atoms with Crippen LogP contribution in [0.3, 0.4) is 0 Å². The quantitative estimate of drug-likeness (QED) is 0.895. The number of nitrogens with one attached hydrogen (secondary N) is 1. The van der Waals surface area contributed by atoms with Crippen LogP contribution in [0, 0.1) is 12.8 Å². The van der Waals surface area contributed by atoms with Gasteiger partial charge in [0.2, 0.25) is 5.91 Å². The van der Waals surface area contributed by atoms with Gasteiger partial charge in [-0.15, -0.1) is 0 Å². The van der Waals surface area contributed by atoms with Gasteiger partial charge < -0.3 is 10.4 Å². The van der Waals surface area contributed by atoms with Crippen molar-refractivity contribution in [3.05, 3.63) is 35.4 Å². The lowest BCUT2D eigenvalue weighted by molar-refractivity contribution is -0.149. The Morgan fingerprint density at radius 2 is 1.90 bits per heavy atom. The normalized spacial score (nSPS) is 25.3. The van der Waals surface area contributed by atoms with Crippen molar-refractivity contribution in [1.29, 1.82) is 0 Å². The molecule has 0 spiro atoms. The second-order valence-corrected chi connectivity index (χ2v) is 6.22. The topological polar surface area (TPSA) is 66.4 Å². The fourth-order valence-electron chi connectivity index (χ4n) is 2.94. The van der Waals surface area contributed by atoms with E-state index in [1.165, 1.54) is 0 Å². The van der Waals surface area contributed by atoms with Crippen molar-refractivity contribution in [3.8, 4) is 0 Å². The molecule has 2 rings (SSSR count). The van der Waals surface area contributed by atoms with Crippen LogP contribution < -0.4 is 5.32 Å². The van der Waals surface area contributed by atoms with Gasteiger partial charge in [0.15, 0.2) is 0 Å². The molecule has 0 aliphatic heterocycles. The number of hydrogen-bond acceptors (Lipinski definition) is 2. The van der Waals surface area contributed by atoms with Crippen LogP contribution in [0.15, 0.2) is 24.3 Å². The van der Waals surface area contributed by atoms with E-state index in [0.29, 0.717) is 18.8 Å². The maximum atomic E-state index is 12.2. The first kappa shape index (κ1) is 15.5. The molecule has 1 aromatic rings. The van der Waals surface area contributed by atoms with E-state index in [2.05, 4.69) is 12.2 Å². The van der Waals surface area contributed by atoms with Crippen molar-refractivity contribution >= 4 is 11.9 Å². The van der Waals surface area contributed by atoms with E-state index < -0.39 is 11.5 Å². The third-order valence-electron chi connectivity index (χ3n) is 4.53. The standard InChI is InChI=1S/C17H23NO3/c1-12-7-9-17(10-8-12,16(20)21)18-15(19)11-14-6-4-3-5-13(14)2/h3-6,12H,7-11H2,1-2H3,(H,18,19)(H,20,21). The van der Waals surface area contributed by atoms with E-state index >= 15 is 0 Å². The highest BCUT2D eigenvalue weighted by atomic mass is 16.4. The number of amides is 1. The highest BCUT2D eigenvalue weighted by Gasteiger charge is 2.42. The minimum atomic E-state index is -1.08. The molecule has 1 aromatic carbocycles. The summed E-state index contributed by atoms with van der Waals surface area (Å²) in [6.45, 7) is 4.08. The number of carbonyl (C=O) groups excluding carboxylic acids is 1. The number of aliphatic carboxylic acids is 1. The second-order valence-electron chi connectivity index (χ2n) is 6.22. The molecule has 1 amide bonds. The molecular weight excluding hydrogens is 266 g/mol.